The Hall–Kier alpha value is -2.11. The van der Waals surface area contributed by atoms with E-state index in [0.717, 1.165) is 25.7 Å². The van der Waals surface area contributed by atoms with E-state index in [-0.39, 0.29) is 36.6 Å². The zero-order valence-corrected chi connectivity index (χ0v) is 19.1. The smallest absolute Gasteiger partial charge is 0.242 e. The van der Waals surface area contributed by atoms with Crippen LogP contribution in [0.3, 0.4) is 0 Å². The molecule has 0 unspecified atom stereocenters. The predicted molar refractivity (Wildman–Crippen MR) is 122 cm³/mol. The van der Waals surface area contributed by atoms with Gasteiger partial charge in [-0.25, -0.2) is 4.39 Å². The molecule has 2 amide bonds. The molecule has 7 heteroatoms. The molecule has 1 saturated carbocycles. The average molecular weight is 465 g/mol. The minimum Gasteiger partial charge on any atom is -0.352 e. The zero-order valence-electron chi connectivity index (χ0n) is 17.5. The summed E-state index contributed by atoms with van der Waals surface area (Å²) in [5.74, 6) is -0.812. The molecule has 1 N–H and O–H groups in total. The lowest BCUT2D eigenvalue weighted by molar-refractivity contribution is -0.140. The second kappa shape index (κ2) is 11.0. The van der Waals surface area contributed by atoms with Crippen LogP contribution in [-0.2, 0) is 22.6 Å². The molecule has 3 rings (SSSR count). The van der Waals surface area contributed by atoms with Crippen LogP contribution in [0.4, 0.5) is 4.39 Å². The Kier molecular flexibility index (Phi) is 8.33. The second-order valence-electron chi connectivity index (χ2n) is 8.04. The van der Waals surface area contributed by atoms with Crippen LogP contribution in [0.5, 0.6) is 0 Å². The summed E-state index contributed by atoms with van der Waals surface area (Å²) in [5, 5.41) is 3.97. The fourth-order valence-corrected chi connectivity index (χ4v) is 4.40. The van der Waals surface area contributed by atoms with Gasteiger partial charge in [0, 0.05) is 28.2 Å². The number of rotatable bonds is 7. The van der Waals surface area contributed by atoms with Crippen molar-refractivity contribution in [3.63, 3.8) is 0 Å². The summed E-state index contributed by atoms with van der Waals surface area (Å²) in [6.45, 7) is 1.82. The van der Waals surface area contributed by atoms with E-state index in [0.29, 0.717) is 21.2 Å². The average Bonchev–Trinajstić information content (AvgIpc) is 2.75. The summed E-state index contributed by atoms with van der Waals surface area (Å²) in [4.78, 5) is 27.7. The van der Waals surface area contributed by atoms with Crippen LogP contribution < -0.4 is 5.32 Å². The molecule has 2 aromatic rings. The van der Waals surface area contributed by atoms with E-state index in [9.17, 15) is 14.0 Å². The van der Waals surface area contributed by atoms with Gasteiger partial charge in [0.1, 0.15) is 11.9 Å². The highest BCUT2D eigenvalue weighted by Crippen LogP contribution is 2.27. The molecular weight excluding hydrogens is 438 g/mol. The molecule has 1 aliphatic carbocycles. The van der Waals surface area contributed by atoms with Crippen LogP contribution in [0.15, 0.2) is 42.5 Å². The number of hydrogen-bond acceptors (Lipinski definition) is 2. The number of carbonyl (C=O) groups is 2. The van der Waals surface area contributed by atoms with Crippen molar-refractivity contribution in [3.05, 3.63) is 69.5 Å². The topological polar surface area (TPSA) is 49.4 Å². The van der Waals surface area contributed by atoms with Gasteiger partial charge in [-0.05, 0) is 49.6 Å². The number of nitrogens with zero attached hydrogens (tertiary/aromatic N) is 1. The lowest BCUT2D eigenvalue weighted by atomic mass is 9.95. The summed E-state index contributed by atoms with van der Waals surface area (Å²) in [7, 11) is 0. The number of nitrogens with one attached hydrogen (secondary N) is 1. The molecule has 1 aliphatic rings. The van der Waals surface area contributed by atoms with Crippen molar-refractivity contribution in [1.82, 2.24) is 10.2 Å². The molecule has 1 atom stereocenters. The third-order valence-corrected chi connectivity index (χ3v) is 6.49. The van der Waals surface area contributed by atoms with Gasteiger partial charge in [0.15, 0.2) is 0 Å². The van der Waals surface area contributed by atoms with Crippen molar-refractivity contribution in [3.8, 4) is 0 Å². The van der Waals surface area contributed by atoms with Crippen molar-refractivity contribution in [2.45, 2.75) is 64.1 Å². The summed E-state index contributed by atoms with van der Waals surface area (Å²) in [5.41, 5.74) is 1.26. The largest absolute Gasteiger partial charge is 0.352 e. The van der Waals surface area contributed by atoms with Gasteiger partial charge in [0.05, 0.1) is 6.42 Å². The first kappa shape index (κ1) is 23.6. The van der Waals surface area contributed by atoms with E-state index in [1.165, 1.54) is 23.5 Å². The van der Waals surface area contributed by atoms with Crippen LogP contribution in [0.1, 0.15) is 50.2 Å². The molecule has 0 aliphatic heterocycles. The first-order valence-corrected chi connectivity index (χ1v) is 11.4. The molecule has 166 valence electrons. The fourth-order valence-electron chi connectivity index (χ4n) is 3.88. The molecule has 1 fully saturated rings. The van der Waals surface area contributed by atoms with E-state index in [1.54, 1.807) is 37.3 Å². The number of halogens is 3. The van der Waals surface area contributed by atoms with Crippen molar-refractivity contribution in [2.24, 2.45) is 0 Å². The molecule has 0 aromatic heterocycles. The molecule has 2 aromatic carbocycles. The standard InChI is InChI=1S/C24H27Cl2FN2O2/c1-16(24(31)28-19-6-3-2-4-7-19)29(15-20-21(25)8-5-9-22(20)26)23(30)14-17-10-12-18(27)13-11-17/h5,8-13,16,19H,2-4,6-7,14-15H2,1H3,(H,28,31)/t16-/m0/s1. The van der Waals surface area contributed by atoms with Crippen LogP contribution in [0, 0.1) is 5.82 Å². The van der Waals surface area contributed by atoms with Gasteiger partial charge < -0.3 is 10.2 Å². The van der Waals surface area contributed by atoms with Gasteiger partial charge in [-0.15, -0.1) is 0 Å². The monoisotopic (exact) mass is 464 g/mol. The van der Waals surface area contributed by atoms with E-state index in [2.05, 4.69) is 5.32 Å². The van der Waals surface area contributed by atoms with E-state index in [1.807, 2.05) is 0 Å². The molecular formula is C24H27Cl2FN2O2. The van der Waals surface area contributed by atoms with E-state index in [4.69, 9.17) is 23.2 Å². The molecule has 0 radical (unpaired) electrons. The highest BCUT2D eigenvalue weighted by Gasteiger charge is 2.29. The minimum atomic E-state index is -0.706. The minimum absolute atomic E-state index is 0.0450. The second-order valence-corrected chi connectivity index (χ2v) is 8.86. The highest BCUT2D eigenvalue weighted by atomic mass is 35.5. The van der Waals surface area contributed by atoms with Crippen LogP contribution >= 0.6 is 23.2 Å². The van der Waals surface area contributed by atoms with Gasteiger partial charge in [0.2, 0.25) is 11.8 Å². The number of benzene rings is 2. The number of carbonyl (C=O) groups excluding carboxylic acids is 2. The Balaban J connectivity index is 1.80. The van der Waals surface area contributed by atoms with Gasteiger partial charge in [-0.2, -0.15) is 0 Å². The normalized spacial score (nSPS) is 15.4. The summed E-state index contributed by atoms with van der Waals surface area (Å²) >= 11 is 12.7. The Labute approximate surface area is 192 Å². The van der Waals surface area contributed by atoms with Gasteiger partial charge in [-0.1, -0.05) is 60.7 Å². The van der Waals surface area contributed by atoms with E-state index >= 15 is 0 Å². The Morgan fingerprint density at radius 3 is 2.29 bits per heavy atom. The third-order valence-electron chi connectivity index (χ3n) is 5.78. The maximum atomic E-state index is 13.2. The lowest BCUT2D eigenvalue weighted by Crippen LogP contribution is -2.50. The summed E-state index contributed by atoms with van der Waals surface area (Å²) < 4.78 is 13.2. The molecule has 0 saturated heterocycles. The maximum absolute atomic E-state index is 13.2. The van der Waals surface area contributed by atoms with Gasteiger partial charge >= 0.3 is 0 Å². The predicted octanol–water partition coefficient (Wildman–Crippen LogP) is 5.54. The fraction of sp³-hybridized carbons (Fsp3) is 0.417. The molecule has 31 heavy (non-hydrogen) atoms. The Morgan fingerprint density at radius 1 is 1.06 bits per heavy atom. The van der Waals surface area contributed by atoms with Crippen LogP contribution in [0.2, 0.25) is 10.0 Å². The number of hydrogen-bond donors (Lipinski definition) is 1. The first-order chi connectivity index (χ1) is 14.8. The third kappa shape index (κ3) is 6.44. The Bertz CT molecular complexity index is 894. The van der Waals surface area contributed by atoms with Crippen LogP contribution in [0.25, 0.3) is 0 Å². The number of amides is 2. The van der Waals surface area contributed by atoms with Crippen molar-refractivity contribution in [1.29, 1.82) is 0 Å². The van der Waals surface area contributed by atoms with E-state index < -0.39 is 6.04 Å². The Morgan fingerprint density at radius 2 is 1.68 bits per heavy atom. The SMILES string of the molecule is C[C@@H](C(=O)NC1CCCCC1)N(Cc1c(Cl)cccc1Cl)C(=O)Cc1ccc(F)cc1. The van der Waals surface area contributed by atoms with Gasteiger partial charge in [0.25, 0.3) is 0 Å². The quantitative estimate of drug-likeness (QED) is 0.584. The zero-order chi connectivity index (χ0) is 22.4. The van der Waals surface area contributed by atoms with Crippen molar-refractivity contribution in [2.75, 3.05) is 0 Å². The molecule has 0 spiro atoms. The summed E-state index contributed by atoms with van der Waals surface area (Å²) in [6, 6.07) is 10.4. The van der Waals surface area contributed by atoms with Crippen molar-refractivity contribution < 1.29 is 14.0 Å². The summed E-state index contributed by atoms with van der Waals surface area (Å²) in [6.07, 6.45) is 5.35. The maximum Gasteiger partial charge on any atom is 0.242 e. The molecule has 4 nitrogen and oxygen atoms in total. The van der Waals surface area contributed by atoms with Crippen LogP contribution in [-0.4, -0.2) is 28.8 Å². The first-order valence-electron chi connectivity index (χ1n) is 10.6. The highest BCUT2D eigenvalue weighted by molar-refractivity contribution is 6.36. The van der Waals surface area contributed by atoms with Gasteiger partial charge in [-0.3, -0.25) is 9.59 Å². The molecule has 0 heterocycles. The molecule has 0 bridgehead atoms. The van der Waals surface area contributed by atoms with Crippen molar-refractivity contribution >= 4 is 35.0 Å². The lowest BCUT2D eigenvalue weighted by Gasteiger charge is -2.31.